The van der Waals surface area contributed by atoms with Gasteiger partial charge in [0, 0.05) is 49.6 Å². The van der Waals surface area contributed by atoms with Crippen LogP contribution in [0.3, 0.4) is 0 Å². The monoisotopic (exact) mass is 515 g/mol. The summed E-state index contributed by atoms with van der Waals surface area (Å²) >= 11 is 0. The third kappa shape index (κ3) is 5.75. The Morgan fingerprint density at radius 2 is 1.67 bits per heavy atom. The van der Waals surface area contributed by atoms with E-state index in [0.29, 0.717) is 31.6 Å². The maximum atomic E-state index is 14.4. The first-order valence-corrected chi connectivity index (χ1v) is 11.9. The van der Waals surface area contributed by atoms with E-state index in [2.05, 4.69) is 0 Å². The zero-order chi connectivity index (χ0) is 27.2. The van der Waals surface area contributed by atoms with Gasteiger partial charge < -0.3 is 14.9 Å². The molecule has 0 saturated carbocycles. The molecule has 0 aliphatic carbocycles. The molecule has 0 spiro atoms. The Hall–Kier alpha value is -2.85. The van der Waals surface area contributed by atoms with Crippen LogP contribution in [-0.2, 0) is 16.0 Å². The van der Waals surface area contributed by atoms with Crippen molar-refractivity contribution in [2.75, 3.05) is 19.6 Å². The predicted molar refractivity (Wildman–Crippen MR) is 123 cm³/mol. The lowest BCUT2D eigenvalue weighted by Gasteiger charge is -2.40. The molecule has 3 atom stereocenters. The van der Waals surface area contributed by atoms with Crippen LogP contribution in [-0.4, -0.2) is 80.6 Å². The van der Waals surface area contributed by atoms with Gasteiger partial charge in [0.2, 0.25) is 5.91 Å². The topological polar surface area (TPSA) is 81.2 Å². The van der Waals surface area contributed by atoms with Crippen LogP contribution in [0.4, 0.5) is 22.4 Å². The van der Waals surface area contributed by atoms with Gasteiger partial charge in [0.25, 0.3) is 5.91 Å². The minimum atomic E-state index is -2.04. The molecule has 0 unspecified atom stereocenters. The Bertz CT molecular complexity index is 1040. The van der Waals surface area contributed by atoms with Gasteiger partial charge in [-0.15, -0.1) is 0 Å². The van der Waals surface area contributed by atoms with Gasteiger partial charge in [-0.1, -0.05) is 0 Å². The number of alkyl halides is 1. The van der Waals surface area contributed by atoms with E-state index in [4.69, 9.17) is 0 Å². The smallest absolute Gasteiger partial charge is 0.408 e. The van der Waals surface area contributed by atoms with Crippen molar-refractivity contribution in [3.63, 3.8) is 0 Å². The average molecular weight is 516 g/mol. The Balaban J connectivity index is 1.85. The molecule has 2 fully saturated rings. The number of carboxylic acid groups (broad SMARTS) is 1. The van der Waals surface area contributed by atoms with Crippen molar-refractivity contribution in [1.29, 1.82) is 0 Å². The Morgan fingerprint density at radius 3 is 2.22 bits per heavy atom. The van der Waals surface area contributed by atoms with Gasteiger partial charge in [-0.2, -0.15) is 0 Å². The second kappa shape index (κ2) is 9.89. The van der Waals surface area contributed by atoms with Crippen LogP contribution in [0.2, 0.25) is 0 Å². The molecule has 0 radical (unpaired) electrons. The number of benzene rings is 1. The van der Waals surface area contributed by atoms with Crippen LogP contribution in [0.1, 0.15) is 53.0 Å². The lowest BCUT2D eigenvalue weighted by molar-refractivity contribution is -0.142. The highest BCUT2D eigenvalue weighted by molar-refractivity contribution is 5.85. The number of hydrogen-bond acceptors (Lipinski definition) is 3. The van der Waals surface area contributed by atoms with Crippen molar-refractivity contribution in [2.45, 2.75) is 77.2 Å². The first-order chi connectivity index (χ1) is 16.5. The van der Waals surface area contributed by atoms with Gasteiger partial charge in [0.1, 0.15) is 5.82 Å². The van der Waals surface area contributed by atoms with Crippen LogP contribution in [0.15, 0.2) is 12.1 Å². The Morgan fingerprint density at radius 1 is 1.06 bits per heavy atom. The van der Waals surface area contributed by atoms with Crippen molar-refractivity contribution in [3.05, 3.63) is 35.1 Å². The third-order valence-electron chi connectivity index (χ3n) is 6.91. The normalized spacial score (nSPS) is 20.9. The molecule has 3 rings (SSSR count). The zero-order valence-electron chi connectivity index (χ0n) is 21.2. The summed E-state index contributed by atoms with van der Waals surface area (Å²) in [4.78, 5) is 42.0. The Kier molecular flexibility index (Phi) is 7.62. The maximum absolute atomic E-state index is 14.4. The fourth-order valence-corrected chi connectivity index (χ4v) is 5.35. The van der Waals surface area contributed by atoms with E-state index in [1.165, 1.54) is 18.7 Å². The van der Waals surface area contributed by atoms with Gasteiger partial charge in [-0.25, -0.2) is 22.4 Å². The Labute approximate surface area is 208 Å². The number of rotatable bonds is 6. The van der Waals surface area contributed by atoms with E-state index < -0.39 is 52.6 Å². The molecule has 7 nitrogen and oxygen atoms in total. The van der Waals surface area contributed by atoms with Crippen molar-refractivity contribution in [3.8, 4) is 0 Å². The molecule has 36 heavy (non-hydrogen) atoms. The van der Waals surface area contributed by atoms with Crippen molar-refractivity contribution < 1.29 is 37.1 Å². The zero-order valence-corrected chi connectivity index (χ0v) is 21.2. The minimum Gasteiger partial charge on any atom is -0.465 e. The largest absolute Gasteiger partial charge is 0.465 e. The molecule has 1 aromatic rings. The van der Waals surface area contributed by atoms with Gasteiger partial charge >= 0.3 is 6.09 Å². The van der Waals surface area contributed by atoms with Gasteiger partial charge in [0.15, 0.2) is 17.3 Å². The summed E-state index contributed by atoms with van der Waals surface area (Å²) in [6, 6.07) is -0.335. The van der Waals surface area contributed by atoms with E-state index in [-0.39, 0.29) is 36.9 Å². The fourth-order valence-electron chi connectivity index (χ4n) is 5.35. The summed E-state index contributed by atoms with van der Waals surface area (Å²) < 4.78 is 55.9. The van der Waals surface area contributed by atoms with Crippen LogP contribution >= 0.6 is 0 Å². The molecule has 2 aliphatic rings. The second-order valence-electron chi connectivity index (χ2n) is 11.1. The van der Waals surface area contributed by atoms with Gasteiger partial charge in [-0.3, -0.25) is 14.5 Å². The molecule has 3 amide bonds. The number of halogens is 4. The van der Waals surface area contributed by atoms with Crippen LogP contribution in [0.5, 0.6) is 0 Å². The molecule has 200 valence electrons. The molecular formula is C25H33F4N3O4. The quantitative estimate of drug-likeness (QED) is 0.459. The van der Waals surface area contributed by atoms with Gasteiger partial charge in [-0.05, 0) is 59.1 Å². The highest BCUT2D eigenvalue weighted by atomic mass is 19.2. The number of hydrogen-bond donors (Lipinski definition) is 1. The molecule has 1 aromatic carbocycles. The SMILES string of the molecule is CC(C)(F)C(=O)N1C[C@@H]2CCN(C(=O)C[C@@H](Cc3cc(F)c(F)cc3F)N(C(=O)O)C(C)(C)C)[C@@H]2C1. The number of carbonyl (C=O) groups excluding carboxylic acids is 2. The fraction of sp³-hybridized carbons (Fsp3) is 0.640. The number of amides is 3. The lowest BCUT2D eigenvalue weighted by Crippen LogP contribution is -2.54. The summed E-state index contributed by atoms with van der Waals surface area (Å²) in [5, 5.41) is 9.92. The molecule has 2 heterocycles. The van der Waals surface area contributed by atoms with E-state index in [1.54, 1.807) is 25.7 Å². The summed E-state index contributed by atoms with van der Waals surface area (Å²) in [7, 11) is 0. The van der Waals surface area contributed by atoms with Crippen LogP contribution in [0, 0.1) is 23.4 Å². The summed E-state index contributed by atoms with van der Waals surface area (Å²) in [5.41, 5.74) is -3.27. The van der Waals surface area contributed by atoms with Crippen molar-refractivity contribution >= 4 is 17.9 Å². The molecule has 2 saturated heterocycles. The van der Waals surface area contributed by atoms with E-state index in [1.807, 2.05) is 0 Å². The summed E-state index contributed by atoms with van der Waals surface area (Å²) in [5.74, 6) is -4.76. The first kappa shape index (κ1) is 27.7. The molecule has 0 aromatic heterocycles. The number of carbonyl (C=O) groups is 3. The number of fused-ring (bicyclic) bond motifs is 1. The maximum Gasteiger partial charge on any atom is 0.408 e. The molecule has 2 aliphatic heterocycles. The number of likely N-dealkylation sites (tertiary alicyclic amines) is 2. The third-order valence-corrected chi connectivity index (χ3v) is 6.91. The standard InChI is InChI=1S/C25H33F4N3O4/c1-24(2,3)32(23(35)36)16(8-15-9-18(27)19(28)11-17(15)26)10-21(33)31-7-6-14-12-30(13-20(14)31)22(34)25(4,5)29/h9,11,14,16,20H,6-8,10,12-13H2,1-5H3,(H,35,36)/t14-,16+,20+/m0/s1. The molecule has 0 bridgehead atoms. The highest BCUT2D eigenvalue weighted by Gasteiger charge is 2.47. The van der Waals surface area contributed by atoms with Crippen molar-refractivity contribution in [2.24, 2.45) is 5.92 Å². The van der Waals surface area contributed by atoms with Crippen LogP contribution < -0.4 is 0 Å². The minimum absolute atomic E-state index is 0.0273. The lowest BCUT2D eigenvalue weighted by atomic mass is 9.95. The first-order valence-electron chi connectivity index (χ1n) is 11.9. The molecule has 1 N–H and O–H groups in total. The number of nitrogens with zero attached hydrogens (tertiary/aromatic N) is 3. The molecular weight excluding hydrogens is 482 g/mol. The average Bonchev–Trinajstić information content (AvgIpc) is 3.29. The van der Waals surface area contributed by atoms with Gasteiger partial charge in [0.05, 0.1) is 6.04 Å². The van der Waals surface area contributed by atoms with E-state index >= 15 is 0 Å². The molecule has 11 heteroatoms. The van der Waals surface area contributed by atoms with Crippen molar-refractivity contribution in [1.82, 2.24) is 14.7 Å². The second-order valence-corrected chi connectivity index (χ2v) is 11.1. The summed E-state index contributed by atoms with van der Waals surface area (Å²) in [6.07, 6.45) is -1.41. The summed E-state index contributed by atoms with van der Waals surface area (Å²) in [6.45, 7) is 8.11. The highest BCUT2D eigenvalue weighted by Crippen LogP contribution is 2.34. The van der Waals surface area contributed by atoms with E-state index in [9.17, 15) is 37.1 Å². The van der Waals surface area contributed by atoms with E-state index in [0.717, 1.165) is 4.90 Å². The van der Waals surface area contributed by atoms with Crippen LogP contribution in [0.25, 0.3) is 0 Å². The predicted octanol–water partition coefficient (Wildman–Crippen LogP) is 3.99.